The van der Waals surface area contributed by atoms with Gasteiger partial charge in [-0.15, -0.1) is 0 Å². The van der Waals surface area contributed by atoms with E-state index >= 15 is 0 Å². The van der Waals surface area contributed by atoms with Crippen molar-refractivity contribution in [3.8, 4) is 0 Å². The van der Waals surface area contributed by atoms with Gasteiger partial charge in [0.2, 0.25) is 0 Å². The van der Waals surface area contributed by atoms with Crippen molar-refractivity contribution in [1.29, 1.82) is 0 Å². The summed E-state index contributed by atoms with van der Waals surface area (Å²) in [6, 6.07) is 0. The molecule has 3 nitrogen and oxygen atoms in total. The van der Waals surface area contributed by atoms with Gasteiger partial charge in [0.05, 0.1) is 0 Å². The molecule has 0 spiro atoms. The fraction of sp³-hybridized carbons (Fsp3) is 0.667. The van der Waals surface area contributed by atoms with Crippen LogP contribution in [0.5, 0.6) is 0 Å². The maximum absolute atomic E-state index is 5.51. The third-order valence-electron chi connectivity index (χ3n) is 2.59. The van der Waals surface area contributed by atoms with Gasteiger partial charge in [0.25, 0.3) is 0 Å². The number of aromatic nitrogens is 2. The summed E-state index contributed by atoms with van der Waals surface area (Å²) in [4.78, 5) is 9.07. The molecule has 0 aliphatic rings. The van der Waals surface area contributed by atoms with Crippen LogP contribution < -0.4 is 5.73 Å². The molecule has 0 unspecified atom stereocenters. The van der Waals surface area contributed by atoms with Crippen LogP contribution in [0.3, 0.4) is 0 Å². The highest BCUT2D eigenvalue weighted by atomic mass is 14.9. The maximum atomic E-state index is 5.51. The molecule has 0 fully saturated rings. The fourth-order valence-electron chi connectivity index (χ4n) is 1.66. The van der Waals surface area contributed by atoms with E-state index in [1.54, 1.807) is 0 Å². The second-order valence-electron chi connectivity index (χ2n) is 4.28. The Kier molecular flexibility index (Phi) is 4.21. The largest absolute Gasteiger partial charge is 0.330 e. The van der Waals surface area contributed by atoms with Gasteiger partial charge in [0, 0.05) is 17.3 Å². The van der Waals surface area contributed by atoms with E-state index in [0.717, 1.165) is 36.6 Å². The highest BCUT2D eigenvalue weighted by molar-refractivity contribution is 5.25. The number of nitrogens with two attached hydrogens (primary N) is 1. The average molecular weight is 207 g/mol. The predicted molar refractivity (Wildman–Crippen MR) is 63.0 cm³/mol. The summed E-state index contributed by atoms with van der Waals surface area (Å²) in [5.41, 5.74) is 9.00. The Labute approximate surface area is 92.1 Å². The van der Waals surface area contributed by atoms with Crippen LogP contribution in [0.15, 0.2) is 0 Å². The molecule has 0 saturated carbocycles. The summed E-state index contributed by atoms with van der Waals surface area (Å²) < 4.78 is 0. The number of rotatable bonds is 4. The Balaban J connectivity index is 2.99. The van der Waals surface area contributed by atoms with E-state index in [1.807, 2.05) is 0 Å². The Morgan fingerprint density at radius 1 is 1.13 bits per heavy atom. The SMILES string of the molecule is Cc1nc(C(C)C)nc(C)c1CCCN. The van der Waals surface area contributed by atoms with E-state index in [0.29, 0.717) is 5.92 Å². The van der Waals surface area contributed by atoms with Gasteiger partial charge in [-0.1, -0.05) is 13.8 Å². The number of hydrogen-bond donors (Lipinski definition) is 1. The van der Waals surface area contributed by atoms with Gasteiger partial charge in [-0.05, 0) is 38.8 Å². The lowest BCUT2D eigenvalue weighted by molar-refractivity contribution is 0.734. The minimum atomic E-state index is 0.394. The summed E-state index contributed by atoms with van der Waals surface area (Å²) in [6.45, 7) is 9.09. The van der Waals surface area contributed by atoms with Crippen molar-refractivity contribution in [2.45, 2.75) is 46.5 Å². The van der Waals surface area contributed by atoms with Crippen LogP contribution in [0, 0.1) is 13.8 Å². The summed E-state index contributed by atoms with van der Waals surface area (Å²) in [7, 11) is 0. The Bertz CT molecular complexity index is 309. The third kappa shape index (κ3) is 2.99. The lowest BCUT2D eigenvalue weighted by Crippen LogP contribution is -2.08. The molecule has 1 heterocycles. The zero-order valence-electron chi connectivity index (χ0n) is 10.2. The summed E-state index contributed by atoms with van der Waals surface area (Å²) in [6.07, 6.45) is 2.00. The van der Waals surface area contributed by atoms with Gasteiger partial charge in [0.15, 0.2) is 0 Å². The summed E-state index contributed by atoms with van der Waals surface area (Å²) in [5.74, 6) is 1.34. The van der Waals surface area contributed by atoms with Crippen LogP contribution >= 0.6 is 0 Å². The quantitative estimate of drug-likeness (QED) is 0.822. The van der Waals surface area contributed by atoms with E-state index in [-0.39, 0.29) is 0 Å². The Morgan fingerprint density at radius 3 is 2.07 bits per heavy atom. The first kappa shape index (κ1) is 12.1. The standard InChI is InChI=1S/C12H21N3/c1-8(2)12-14-9(3)11(6-5-7-13)10(4)15-12/h8H,5-7,13H2,1-4H3. The van der Waals surface area contributed by atoms with Gasteiger partial charge in [-0.2, -0.15) is 0 Å². The van der Waals surface area contributed by atoms with Gasteiger partial charge in [-0.3, -0.25) is 0 Å². The Hall–Kier alpha value is -0.960. The smallest absolute Gasteiger partial charge is 0.131 e. The highest BCUT2D eigenvalue weighted by Gasteiger charge is 2.09. The van der Waals surface area contributed by atoms with Gasteiger partial charge in [0.1, 0.15) is 5.82 Å². The molecular formula is C12H21N3. The molecule has 0 amide bonds. The van der Waals surface area contributed by atoms with E-state index in [2.05, 4.69) is 37.7 Å². The molecule has 2 N–H and O–H groups in total. The van der Waals surface area contributed by atoms with Crippen molar-refractivity contribution in [3.63, 3.8) is 0 Å². The maximum Gasteiger partial charge on any atom is 0.131 e. The van der Waals surface area contributed by atoms with Crippen molar-refractivity contribution >= 4 is 0 Å². The van der Waals surface area contributed by atoms with Gasteiger partial charge in [-0.25, -0.2) is 9.97 Å². The lowest BCUT2D eigenvalue weighted by atomic mass is 10.1. The number of aryl methyl sites for hydroxylation is 2. The molecule has 3 heteroatoms. The van der Waals surface area contributed by atoms with Crippen molar-refractivity contribution < 1.29 is 0 Å². The van der Waals surface area contributed by atoms with Gasteiger partial charge >= 0.3 is 0 Å². The Morgan fingerprint density at radius 2 is 1.67 bits per heavy atom. The summed E-state index contributed by atoms with van der Waals surface area (Å²) in [5, 5.41) is 0. The van der Waals surface area contributed by atoms with Crippen molar-refractivity contribution in [2.24, 2.45) is 5.73 Å². The van der Waals surface area contributed by atoms with Crippen LogP contribution in [0.25, 0.3) is 0 Å². The molecule has 84 valence electrons. The minimum Gasteiger partial charge on any atom is -0.330 e. The van der Waals surface area contributed by atoms with Crippen molar-refractivity contribution in [2.75, 3.05) is 6.54 Å². The molecule has 15 heavy (non-hydrogen) atoms. The molecule has 1 aromatic rings. The highest BCUT2D eigenvalue weighted by Crippen LogP contribution is 2.16. The minimum absolute atomic E-state index is 0.394. The lowest BCUT2D eigenvalue weighted by Gasteiger charge is -2.12. The molecule has 0 aromatic carbocycles. The van der Waals surface area contributed by atoms with Crippen LogP contribution in [0.1, 0.15) is 49.0 Å². The second kappa shape index (κ2) is 5.21. The van der Waals surface area contributed by atoms with Crippen molar-refractivity contribution in [1.82, 2.24) is 9.97 Å². The zero-order chi connectivity index (χ0) is 11.4. The van der Waals surface area contributed by atoms with Crippen LogP contribution in [-0.2, 0) is 6.42 Å². The van der Waals surface area contributed by atoms with Crippen LogP contribution in [-0.4, -0.2) is 16.5 Å². The topological polar surface area (TPSA) is 51.8 Å². The molecular weight excluding hydrogens is 186 g/mol. The average Bonchev–Trinajstić information content (AvgIpc) is 2.16. The van der Waals surface area contributed by atoms with Crippen LogP contribution in [0.2, 0.25) is 0 Å². The van der Waals surface area contributed by atoms with Crippen LogP contribution in [0.4, 0.5) is 0 Å². The third-order valence-corrected chi connectivity index (χ3v) is 2.59. The number of hydrogen-bond acceptors (Lipinski definition) is 3. The normalized spacial score (nSPS) is 11.1. The second-order valence-corrected chi connectivity index (χ2v) is 4.28. The molecule has 0 bridgehead atoms. The van der Waals surface area contributed by atoms with E-state index in [9.17, 15) is 0 Å². The number of nitrogens with zero attached hydrogens (tertiary/aromatic N) is 2. The predicted octanol–water partition coefficient (Wildman–Crippen LogP) is 2.11. The van der Waals surface area contributed by atoms with Gasteiger partial charge < -0.3 is 5.73 Å². The monoisotopic (exact) mass is 207 g/mol. The molecule has 0 aliphatic heterocycles. The first-order chi connectivity index (χ1) is 7.06. The molecule has 0 saturated heterocycles. The fourth-order valence-corrected chi connectivity index (χ4v) is 1.66. The first-order valence-electron chi connectivity index (χ1n) is 5.60. The van der Waals surface area contributed by atoms with Crippen molar-refractivity contribution in [3.05, 3.63) is 22.8 Å². The van der Waals surface area contributed by atoms with E-state index < -0.39 is 0 Å². The molecule has 0 atom stereocenters. The van der Waals surface area contributed by atoms with E-state index in [1.165, 1.54) is 5.56 Å². The molecule has 1 rings (SSSR count). The summed E-state index contributed by atoms with van der Waals surface area (Å²) >= 11 is 0. The molecule has 1 aromatic heterocycles. The molecule has 0 radical (unpaired) electrons. The molecule has 0 aliphatic carbocycles. The zero-order valence-corrected chi connectivity index (χ0v) is 10.2. The first-order valence-corrected chi connectivity index (χ1v) is 5.60. The van der Waals surface area contributed by atoms with E-state index in [4.69, 9.17) is 5.73 Å².